The Balaban J connectivity index is 1.62. The number of hydrogen-bond donors (Lipinski definition) is 0. The molecule has 0 saturated heterocycles. The molecule has 0 radical (unpaired) electrons. The number of unbranched alkanes of at least 4 members (excludes halogenated alkanes) is 2. The highest BCUT2D eigenvalue weighted by molar-refractivity contribution is 5.31. The lowest BCUT2D eigenvalue weighted by Gasteiger charge is -2.28. The highest BCUT2D eigenvalue weighted by atomic mass is 14.3. The van der Waals surface area contributed by atoms with Crippen LogP contribution in [0.2, 0.25) is 0 Å². The molecule has 0 heterocycles. The second-order valence-electron chi connectivity index (χ2n) is 6.81. The average molecular weight is 295 g/mol. The summed E-state index contributed by atoms with van der Waals surface area (Å²) >= 11 is 0. The molecule has 0 atom stereocenters. The first-order chi connectivity index (χ1) is 10.8. The Kier molecular flexibility index (Phi) is 7.23. The minimum absolute atomic E-state index is 0.765. The van der Waals surface area contributed by atoms with E-state index >= 15 is 0 Å². The van der Waals surface area contributed by atoms with Gasteiger partial charge < -0.3 is 0 Å². The van der Waals surface area contributed by atoms with E-state index in [0.29, 0.717) is 0 Å². The summed E-state index contributed by atoms with van der Waals surface area (Å²) in [5, 5.41) is 8.82. The third-order valence-electron chi connectivity index (χ3n) is 5.16. The molecule has 1 aliphatic rings. The van der Waals surface area contributed by atoms with Gasteiger partial charge in [0.05, 0.1) is 11.6 Å². The molecule has 22 heavy (non-hydrogen) atoms. The lowest BCUT2D eigenvalue weighted by atomic mass is 9.78. The van der Waals surface area contributed by atoms with E-state index in [1.807, 2.05) is 18.2 Å². The summed E-state index contributed by atoms with van der Waals surface area (Å²) in [4.78, 5) is 0. The molecular formula is C21H29N. The van der Waals surface area contributed by atoms with Gasteiger partial charge in [-0.1, -0.05) is 56.7 Å². The van der Waals surface area contributed by atoms with Gasteiger partial charge in [0.15, 0.2) is 0 Å². The van der Waals surface area contributed by atoms with Crippen LogP contribution in [-0.2, 0) is 6.42 Å². The second kappa shape index (κ2) is 9.46. The van der Waals surface area contributed by atoms with Crippen molar-refractivity contribution in [2.24, 2.45) is 11.8 Å². The fourth-order valence-corrected chi connectivity index (χ4v) is 3.65. The zero-order valence-electron chi connectivity index (χ0n) is 13.8. The number of benzene rings is 1. The molecule has 1 fully saturated rings. The highest BCUT2D eigenvalue weighted by Gasteiger charge is 2.20. The van der Waals surface area contributed by atoms with Crippen LogP contribution in [0.25, 0.3) is 0 Å². The van der Waals surface area contributed by atoms with Crippen LogP contribution in [0.3, 0.4) is 0 Å². The van der Waals surface area contributed by atoms with Gasteiger partial charge >= 0.3 is 0 Å². The fraction of sp³-hybridized carbons (Fsp3) is 0.571. The number of nitrogens with zero attached hydrogens (tertiary/aromatic N) is 1. The van der Waals surface area contributed by atoms with E-state index in [1.165, 1.54) is 69.8 Å². The van der Waals surface area contributed by atoms with Crippen molar-refractivity contribution in [2.75, 3.05) is 0 Å². The van der Waals surface area contributed by atoms with Gasteiger partial charge in [0.1, 0.15) is 0 Å². The zero-order chi connectivity index (χ0) is 15.6. The molecule has 1 nitrogen and oxygen atoms in total. The molecule has 1 aromatic rings. The van der Waals surface area contributed by atoms with Crippen LogP contribution in [0.1, 0.15) is 68.9 Å². The standard InChI is InChI=1S/C21H29N/c1-2-3-4-5-6-18-7-9-19(10-8-18)11-12-20-13-15-21(17-22)16-14-20/h2,13-16,18-19H,1,3-12H2/t18-,19-. The van der Waals surface area contributed by atoms with E-state index in [2.05, 4.69) is 24.8 Å². The maximum absolute atomic E-state index is 8.82. The first-order valence-corrected chi connectivity index (χ1v) is 8.91. The molecule has 0 spiro atoms. The van der Waals surface area contributed by atoms with Crippen LogP contribution in [0.5, 0.6) is 0 Å². The normalized spacial score (nSPS) is 21.2. The van der Waals surface area contributed by atoms with E-state index in [1.54, 1.807) is 0 Å². The van der Waals surface area contributed by atoms with E-state index in [-0.39, 0.29) is 0 Å². The molecule has 1 aromatic carbocycles. The van der Waals surface area contributed by atoms with Gasteiger partial charge in [-0.05, 0) is 55.2 Å². The Morgan fingerprint density at radius 2 is 1.64 bits per heavy atom. The largest absolute Gasteiger partial charge is 0.192 e. The number of hydrogen-bond acceptors (Lipinski definition) is 1. The number of rotatable bonds is 8. The number of nitriles is 1. The van der Waals surface area contributed by atoms with Crippen molar-refractivity contribution < 1.29 is 0 Å². The summed E-state index contributed by atoms with van der Waals surface area (Å²) in [6.45, 7) is 3.79. The molecular weight excluding hydrogens is 266 g/mol. The first kappa shape index (κ1) is 16.8. The number of aryl methyl sites for hydroxylation is 1. The summed E-state index contributed by atoms with van der Waals surface area (Å²) < 4.78 is 0. The Morgan fingerprint density at radius 3 is 2.23 bits per heavy atom. The molecule has 0 aliphatic heterocycles. The topological polar surface area (TPSA) is 23.8 Å². The van der Waals surface area contributed by atoms with Gasteiger partial charge in [-0.2, -0.15) is 5.26 Å². The molecule has 1 heteroatoms. The summed E-state index contributed by atoms with van der Waals surface area (Å²) in [7, 11) is 0. The van der Waals surface area contributed by atoms with Crippen molar-refractivity contribution >= 4 is 0 Å². The molecule has 1 saturated carbocycles. The Morgan fingerprint density at radius 1 is 1.00 bits per heavy atom. The molecule has 0 aromatic heterocycles. The maximum atomic E-state index is 8.82. The van der Waals surface area contributed by atoms with Crippen molar-refractivity contribution in [3.8, 4) is 6.07 Å². The minimum atomic E-state index is 0.765. The van der Waals surface area contributed by atoms with Crippen molar-refractivity contribution in [3.63, 3.8) is 0 Å². The quantitative estimate of drug-likeness (QED) is 0.423. The summed E-state index contributed by atoms with van der Waals surface area (Å²) in [5.74, 6) is 1.90. The smallest absolute Gasteiger partial charge is 0.0991 e. The van der Waals surface area contributed by atoms with E-state index in [4.69, 9.17) is 5.26 Å². The third kappa shape index (κ3) is 5.68. The summed E-state index contributed by atoms with van der Waals surface area (Å²) in [6.07, 6.45) is 15.5. The predicted molar refractivity (Wildman–Crippen MR) is 93.6 cm³/mol. The second-order valence-corrected chi connectivity index (χ2v) is 6.81. The van der Waals surface area contributed by atoms with Gasteiger partial charge in [0, 0.05) is 0 Å². The highest BCUT2D eigenvalue weighted by Crippen LogP contribution is 2.34. The molecule has 118 valence electrons. The molecule has 0 N–H and O–H groups in total. The molecule has 0 bridgehead atoms. The molecule has 2 rings (SSSR count). The van der Waals surface area contributed by atoms with Crippen LogP contribution >= 0.6 is 0 Å². The molecule has 1 aliphatic carbocycles. The van der Waals surface area contributed by atoms with Gasteiger partial charge in [-0.3, -0.25) is 0 Å². The molecule has 0 amide bonds. The van der Waals surface area contributed by atoms with Crippen LogP contribution in [-0.4, -0.2) is 0 Å². The van der Waals surface area contributed by atoms with Crippen LogP contribution < -0.4 is 0 Å². The third-order valence-corrected chi connectivity index (χ3v) is 5.16. The zero-order valence-corrected chi connectivity index (χ0v) is 13.8. The van der Waals surface area contributed by atoms with Crippen molar-refractivity contribution in [3.05, 3.63) is 48.0 Å². The fourth-order valence-electron chi connectivity index (χ4n) is 3.65. The van der Waals surface area contributed by atoms with Crippen LogP contribution in [0.15, 0.2) is 36.9 Å². The van der Waals surface area contributed by atoms with Gasteiger partial charge in [0.25, 0.3) is 0 Å². The van der Waals surface area contributed by atoms with Crippen molar-refractivity contribution in [1.29, 1.82) is 5.26 Å². The van der Waals surface area contributed by atoms with Gasteiger partial charge in [0.2, 0.25) is 0 Å². The van der Waals surface area contributed by atoms with E-state index in [9.17, 15) is 0 Å². The lowest BCUT2D eigenvalue weighted by Crippen LogP contribution is -2.15. The van der Waals surface area contributed by atoms with Crippen molar-refractivity contribution in [2.45, 2.75) is 64.2 Å². The van der Waals surface area contributed by atoms with Gasteiger partial charge in [-0.25, -0.2) is 0 Å². The molecule has 0 unspecified atom stereocenters. The van der Waals surface area contributed by atoms with Crippen LogP contribution in [0, 0.1) is 23.2 Å². The summed E-state index contributed by atoms with van der Waals surface area (Å²) in [5.41, 5.74) is 2.14. The summed E-state index contributed by atoms with van der Waals surface area (Å²) in [6, 6.07) is 10.3. The van der Waals surface area contributed by atoms with Gasteiger partial charge in [-0.15, -0.1) is 6.58 Å². The van der Waals surface area contributed by atoms with Crippen molar-refractivity contribution in [1.82, 2.24) is 0 Å². The SMILES string of the molecule is C=CCCCC[C@H]1CC[C@H](CCc2ccc(C#N)cc2)CC1. The monoisotopic (exact) mass is 295 g/mol. The lowest BCUT2D eigenvalue weighted by molar-refractivity contribution is 0.249. The predicted octanol–water partition coefficient (Wildman–Crippen LogP) is 6.04. The minimum Gasteiger partial charge on any atom is -0.192 e. The van der Waals surface area contributed by atoms with E-state index < -0.39 is 0 Å². The average Bonchev–Trinajstić information content (AvgIpc) is 2.58. The first-order valence-electron chi connectivity index (χ1n) is 8.91. The Labute approximate surface area is 136 Å². The Hall–Kier alpha value is -1.55. The number of allylic oxidation sites excluding steroid dienone is 1. The maximum Gasteiger partial charge on any atom is 0.0991 e. The van der Waals surface area contributed by atoms with Crippen LogP contribution in [0.4, 0.5) is 0 Å². The van der Waals surface area contributed by atoms with E-state index in [0.717, 1.165) is 17.4 Å². The Bertz CT molecular complexity index is 472.